The van der Waals surface area contributed by atoms with Gasteiger partial charge in [-0.15, -0.1) is 0 Å². The van der Waals surface area contributed by atoms with Crippen LogP contribution in [0.3, 0.4) is 0 Å². The van der Waals surface area contributed by atoms with Crippen LogP contribution in [-0.4, -0.2) is 43.1 Å². The van der Waals surface area contributed by atoms with Gasteiger partial charge in [-0.05, 0) is 61.0 Å². The predicted octanol–water partition coefficient (Wildman–Crippen LogP) is 3.97. The molecule has 2 aliphatic heterocycles. The summed E-state index contributed by atoms with van der Waals surface area (Å²) in [6.45, 7) is 7.06. The van der Waals surface area contributed by atoms with Crippen LogP contribution < -0.4 is 4.74 Å². The van der Waals surface area contributed by atoms with Gasteiger partial charge in [0.25, 0.3) is 0 Å². The number of benzene rings is 2. The van der Waals surface area contributed by atoms with Crippen LogP contribution >= 0.6 is 0 Å². The summed E-state index contributed by atoms with van der Waals surface area (Å²) >= 11 is 0. The summed E-state index contributed by atoms with van der Waals surface area (Å²) in [7, 11) is 1.78. The first-order valence-electron chi connectivity index (χ1n) is 9.95. The molecule has 4 rings (SSSR count). The summed E-state index contributed by atoms with van der Waals surface area (Å²) in [6.07, 6.45) is 3.77. The lowest BCUT2D eigenvalue weighted by Gasteiger charge is -2.36. The molecule has 0 amide bonds. The summed E-state index contributed by atoms with van der Waals surface area (Å²) < 4.78 is 5.53. The Balaban J connectivity index is 1.27. The van der Waals surface area contributed by atoms with Gasteiger partial charge in [0.05, 0.1) is 7.11 Å². The van der Waals surface area contributed by atoms with Crippen molar-refractivity contribution in [3.63, 3.8) is 0 Å². The van der Waals surface area contributed by atoms with Crippen LogP contribution in [0.1, 0.15) is 29.5 Å². The van der Waals surface area contributed by atoms with Gasteiger partial charge in [0, 0.05) is 26.2 Å². The molecule has 0 N–H and O–H groups in total. The van der Waals surface area contributed by atoms with Gasteiger partial charge in [-0.25, -0.2) is 0 Å². The molecule has 0 spiro atoms. The van der Waals surface area contributed by atoms with Crippen LogP contribution in [0.25, 0.3) is 0 Å². The number of methoxy groups -OCH3 is 1. The monoisotopic (exact) mass is 350 g/mol. The third-order valence-corrected chi connectivity index (χ3v) is 5.99. The molecule has 2 heterocycles. The summed E-state index contributed by atoms with van der Waals surface area (Å²) in [4.78, 5) is 5.27. The van der Waals surface area contributed by atoms with E-state index in [1.807, 2.05) is 0 Å². The highest BCUT2D eigenvalue weighted by Gasteiger charge is 2.24. The minimum absolute atomic E-state index is 0.842. The Morgan fingerprint density at radius 1 is 0.923 bits per heavy atom. The molecule has 26 heavy (non-hydrogen) atoms. The van der Waals surface area contributed by atoms with Crippen LogP contribution in [0, 0.1) is 5.92 Å². The van der Waals surface area contributed by atoms with Crippen molar-refractivity contribution in [1.82, 2.24) is 9.80 Å². The van der Waals surface area contributed by atoms with Crippen LogP contribution in [-0.2, 0) is 19.5 Å². The molecular formula is C23H30N2O. The van der Waals surface area contributed by atoms with Crippen molar-refractivity contribution >= 4 is 0 Å². The summed E-state index contributed by atoms with van der Waals surface area (Å²) in [6, 6.07) is 17.4. The van der Waals surface area contributed by atoms with Gasteiger partial charge in [0.1, 0.15) is 5.75 Å². The van der Waals surface area contributed by atoms with E-state index in [-0.39, 0.29) is 0 Å². The number of likely N-dealkylation sites (tertiary alicyclic amines) is 1. The largest absolute Gasteiger partial charge is 0.496 e. The van der Waals surface area contributed by atoms with Crippen molar-refractivity contribution in [3.05, 3.63) is 65.2 Å². The first-order valence-corrected chi connectivity index (χ1v) is 9.95. The third-order valence-electron chi connectivity index (χ3n) is 5.99. The average Bonchev–Trinajstić information content (AvgIpc) is 2.69. The number of hydrogen-bond donors (Lipinski definition) is 0. The SMILES string of the molecule is COc1cccc2c1CCN(CC1CCN(Cc3ccccc3)CC1)C2. The second-order valence-corrected chi connectivity index (χ2v) is 7.79. The van der Waals surface area contributed by atoms with Gasteiger partial charge in [-0.3, -0.25) is 9.80 Å². The van der Waals surface area contributed by atoms with Crippen molar-refractivity contribution in [3.8, 4) is 5.75 Å². The van der Waals surface area contributed by atoms with Crippen molar-refractivity contribution in [2.75, 3.05) is 33.3 Å². The lowest BCUT2D eigenvalue weighted by Crippen LogP contribution is -2.40. The van der Waals surface area contributed by atoms with E-state index in [4.69, 9.17) is 4.74 Å². The van der Waals surface area contributed by atoms with Gasteiger partial charge in [-0.1, -0.05) is 42.5 Å². The number of nitrogens with zero attached hydrogens (tertiary/aromatic N) is 2. The number of hydrogen-bond acceptors (Lipinski definition) is 3. The number of fused-ring (bicyclic) bond motifs is 1. The maximum Gasteiger partial charge on any atom is 0.122 e. The molecule has 0 saturated carbocycles. The molecule has 2 aromatic rings. The molecule has 3 heteroatoms. The summed E-state index contributed by atoms with van der Waals surface area (Å²) in [5.74, 6) is 1.91. The molecular weight excluding hydrogens is 320 g/mol. The van der Waals surface area contributed by atoms with E-state index in [2.05, 4.69) is 58.3 Å². The smallest absolute Gasteiger partial charge is 0.122 e. The Kier molecular flexibility index (Phi) is 5.57. The quantitative estimate of drug-likeness (QED) is 0.812. The molecule has 0 aliphatic carbocycles. The minimum Gasteiger partial charge on any atom is -0.496 e. The lowest BCUT2D eigenvalue weighted by molar-refractivity contribution is 0.132. The van der Waals surface area contributed by atoms with Crippen LogP contribution in [0.15, 0.2) is 48.5 Å². The highest BCUT2D eigenvalue weighted by molar-refractivity contribution is 5.41. The fraction of sp³-hybridized carbons (Fsp3) is 0.478. The average molecular weight is 351 g/mol. The highest BCUT2D eigenvalue weighted by atomic mass is 16.5. The molecule has 1 fully saturated rings. The Morgan fingerprint density at radius 2 is 1.73 bits per heavy atom. The van der Waals surface area contributed by atoms with Crippen molar-refractivity contribution in [2.24, 2.45) is 5.92 Å². The lowest BCUT2D eigenvalue weighted by atomic mass is 9.93. The van der Waals surface area contributed by atoms with Crippen molar-refractivity contribution in [1.29, 1.82) is 0 Å². The zero-order chi connectivity index (χ0) is 17.8. The first-order chi connectivity index (χ1) is 12.8. The van der Waals surface area contributed by atoms with Crippen LogP contribution in [0.4, 0.5) is 0 Å². The summed E-state index contributed by atoms with van der Waals surface area (Å²) in [5.41, 5.74) is 4.31. The normalized spacial score (nSPS) is 19.3. The predicted molar refractivity (Wildman–Crippen MR) is 106 cm³/mol. The van der Waals surface area contributed by atoms with Gasteiger partial charge < -0.3 is 4.74 Å². The Hall–Kier alpha value is -1.84. The molecule has 0 atom stereocenters. The van der Waals surface area contributed by atoms with E-state index in [0.29, 0.717) is 0 Å². The molecule has 1 saturated heterocycles. The van der Waals surface area contributed by atoms with Crippen molar-refractivity contribution < 1.29 is 4.74 Å². The van der Waals surface area contributed by atoms with Crippen molar-refractivity contribution in [2.45, 2.75) is 32.4 Å². The maximum atomic E-state index is 5.53. The first kappa shape index (κ1) is 17.6. The number of piperidine rings is 1. The standard InChI is InChI=1S/C23H30N2O/c1-26-23-9-5-8-21-18-25(15-12-22(21)23)17-20-10-13-24(14-11-20)16-19-6-3-2-4-7-19/h2-9,20H,10-18H2,1H3. The fourth-order valence-corrected chi connectivity index (χ4v) is 4.51. The zero-order valence-electron chi connectivity index (χ0n) is 15.9. The molecule has 0 unspecified atom stereocenters. The van der Waals surface area contributed by atoms with Gasteiger partial charge in [0.15, 0.2) is 0 Å². The Bertz CT molecular complexity index is 707. The van der Waals surface area contributed by atoms with Gasteiger partial charge in [-0.2, -0.15) is 0 Å². The van der Waals surface area contributed by atoms with Crippen LogP contribution in [0.5, 0.6) is 5.75 Å². The molecule has 3 nitrogen and oxygen atoms in total. The van der Waals surface area contributed by atoms with E-state index in [1.54, 1.807) is 7.11 Å². The molecule has 138 valence electrons. The molecule has 0 radical (unpaired) electrons. The minimum atomic E-state index is 0.842. The second-order valence-electron chi connectivity index (χ2n) is 7.79. The molecule has 0 aromatic heterocycles. The van der Waals surface area contributed by atoms with Gasteiger partial charge in [0.2, 0.25) is 0 Å². The maximum absolute atomic E-state index is 5.53. The Labute approximate surface area is 157 Å². The van der Waals surface area contributed by atoms with E-state index < -0.39 is 0 Å². The van der Waals surface area contributed by atoms with E-state index >= 15 is 0 Å². The second kappa shape index (κ2) is 8.24. The van der Waals surface area contributed by atoms with Crippen LogP contribution in [0.2, 0.25) is 0 Å². The molecule has 0 bridgehead atoms. The fourth-order valence-electron chi connectivity index (χ4n) is 4.51. The summed E-state index contributed by atoms with van der Waals surface area (Å²) in [5, 5.41) is 0. The topological polar surface area (TPSA) is 15.7 Å². The third kappa shape index (κ3) is 4.11. The highest BCUT2D eigenvalue weighted by Crippen LogP contribution is 2.29. The van der Waals surface area contributed by atoms with E-state index in [0.717, 1.165) is 37.7 Å². The Morgan fingerprint density at radius 3 is 2.50 bits per heavy atom. The van der Waals surface area contributed by atoms with E-state index in [1.165, 1.54) is 49.2 Å². The number of rotatable bonds is 5. The van der Waals surface area contributed by atoms with E-state index in [9.17, 15) is 0 Å². The molecule has 2 aromatic carbocycles. The van der Waals surface area contributed by atoms with Gasteiger partial charge >= 0.3 is 0 Å². The zero-order valence-corrected chi connectivity index (χ0v) is 15.9. The molecule has 2 aliphatic rings. The number of ether oxygens (including phenoxy) is 1.